The summed E-state index contributed by atoms with van der Waals surface area (Å²) in [5.74, 6) is 0.0852. The van der Waals surface area contributed by atoms with Gasteiger partial charge >= 0.3 is 0 Å². The van der Waals surface area contributed by atoms with Gasteiger partial charge in [-0.3, -0.25) is 4.79 Å². The quantitative estimate of drug-likeness (QED) is 0.504. The first-order valence-corrected chi connectivity index (χ1v) is 8.30. The molecule has 1 aliphatic carbocycles. The average molecular weight is 303 g/mol. The first-order valence-electron chi connectivity index (χ1n) is 7.08. The Labute approximate surface area is 133 Å². The number of ketones is 1. The number of fused-ring (bicyclic) bond motifs is 3. The van der Waals surface area contributed by atoms with E-state index in [1.54, 1.807) is 11.8 Å². The zero-order valence-corrected chi connectivity index (χ0v) is 12.9. The summed E-state index contributed by atoms with van der Waals surface area (Å²) in [6, 6.07) is 19.8. The second kappa shape index (κ2) is 5.11. The fourth-order valence-corrected chi connectivity index (χ4v) is 3.50. The van der Waals surface area contributed by atoms with Gasteiger partial charge in [-0.25, -0.2) is 4.98 Å². The van der Waals surface area contributed by atoms with Gasteiger partial charge in [-0.2, -0.15) is 0 Å². The van der Waals surface area contributed by atoms with E-state index in [4.69, 9.17) is 4.98 Å². The van der Waals surface area contributed by atoms with E-state index in [1.165, 1.54) is 0 Å². The molecule has 1 heterocycles. The second-order valence-electron chi connectivity index (χ2n) is 5.17. The van der Waals surface area contributed by atoms with Gasteiger partial charge in [0, 0.05) is 21.6 Å². The smallest absolute Gasteiger partial charge is 0.197 e. The molecule has 0 N–H and O–H groups in total. The highest BCUT2D eigenvalue weighted by Crippen LogP contribution is 2.41. The zero-order valence-electron chi connectivity index (χ0n) is 12.0. The Morgan fingerprint density at radius 2 is 1.59 bits per heavy atom. The topological polar surface area (TPSA) is 30.0 Å². The van der Waals surface area contributed by atoms with Crippen LogP contribution in [0.15, 0.2) is 65.6 Å². The predicted octanol–water partition coefficient (Wildman–Crippen LogP) is 4.68. The van der Waals surface area contributed by atoms with Crippen molar-refractivity contribution in [3.63, 3.8) is 0 Å². The minimum Gasteiger partial charge on any atom is -0.288 e. The highest BCUT2D eigenvalue weighted by Gasteiger charge is 2.30. The van der Waals surface area contributed by atoms with Crippen LogP contribution >= 0.6 is 11.8 Å². The van der Waals surface area contributed by atoms with Gasteiger partial charge in [0.2, 0.25) is 0 Å². The fourth-order valence-electron chi connectivity index (χ4n) is 2.88. The van der Waals surface area contributed by atoms with Crippen molar-refractivity contribution in [2.24, 2.45) is 0 Å². The SMILES string of the molecule is CSc1cc(-c2ccccc2)nc2c1C(=O)c1ccccc1-2. The molecular weight excluding hydrogens is 290 g/mol. The number of carbonyl (C=O) groups is 1. The highest BCUT2D eigenvalue weighted by atomic mass is 32.2. The summed E-state index contributed by atoms with van der Waals surface area (Å²) in [6.45, 7) is 0. The van der Waals surface area contributed by atoms with Gasteiger partial charge in [0.1, 0.15) is 0 Å². The van der Waals surface area contributed by atoms with Crippen molar-refractivity contribution in [3.05, 3.63) is 71.8 Å². The molecule has 22 heavy (non-hydrogen) atoms. The van der Waals surface area contributed by atoms with E-state index in [0.29, 0.717) is 0 Å². The van der Waals surface area contributed by atoms with E-state index in [2.05, 4.69) is 0 Å². The summed E-state index contributed by atoms with van der Waals surface area (Å²) in [6.07, 6.45) is 2.00. The summed E-state index contributed by atoms with van der Waals surface area (Å²) in [4.78, 5) is 18.4. The molecule has 0 saturated heterocycles. The Bertz CT molecular complexity index is 887. The van der Waals surface area contributed by atoms with Crippen LogP contribution in [0.25, 0.3) is 22.5 Å². The number of aromatic nitrogens is 1. The standard InChI is InChI=1S/C19H13NOS/c1-22-16-11-15(12-7-3-2-4-8-12)20-18-13-9-5-6-10-14(13)19(21)17(16)18/h2-11H,1H3. The number of thioether (sulfide) groups is 1. The number of rotatable bonds is 2. The maximum atomic E-state index is 12.7. The normalized spacial score (nSPS) is 12.1. The lowest BCUT2D eigenvalue weighted by Gasteiger charge is -2.09. The lowest BCUT2D eigenvalue weighted by atomic mass is 10.1. The van der Waals surface area contributed by atoms with Crippen LogP contribution in [0.1, 0.15) is 15.9 Å². The van der Waals surface area contributed by atoms with Gasteiger partial charge in [0.05, 0.1) is 17.0 Å². The van der Waals surface area contributed by atoms with Crippen molar-refractivity contribution in [1.29, 1.82) is 0 Å². The van der Waals surface area contributed by atoms with Gasteiger partial charge in [-0.1, -0.05) is 54.6 Å². The van der Waals surface area contributed by atoms with Crippen molar-refractivity contribution in [3.8, 4) is 22.5 Å². The third-order valence-corrected chi connectivity index (χ3v) is 4.69. The second-order valence-corrected chi connectivity index (χ2v) is 6.02. The van der Waals surface area contributed by atoms with Gasteiger partial charge in [-0.15, -0.1) is 11.8 Å². The van der Waals surface area contributed by atoms with E-state index in [1.807, 2.05) is 66.9 Å². The van der Waals surface area contributed by atoms with E-state index in [0.717, 1.165) is 38.5 Å². The van der Waals surface area contributed by atoms with Crippen LogP contribution in [0, 0.1) is 0 Å². The van der Waals surface area contributed by atoms with Crippen LogP contribution in [-0.2, 0) is 0 Å². The predicted molar refractivity (Wildman–Crippen MR) is 90.3 cm³/mol. The van der Waals surface area contributed by atoms with Crippen molar-refractivity contribution in [2.45, 2.75) is 4.90 Å². The lowest BCUT2D eigenvalue weighted by molar-refractivity contribution is 0.104. The molecule has 2 nitrogen and oxygen atoms in total. The molecule has 106 valence electrons. The molecule has 0 saturated carbocycles. The van der Waals surface area contributed by atoms with Gasteiger partial charge in [0.25, 0.3) is 0 Å². The van der Waals surface area contributed by atoms with Crippen LogP contribution in [0.2, 0.25) is 0 Å². The molecule has 1 aliphatic rings. The number of pyridine rings is 1. The summed E-state index contributed by atoms with van der Waals surface area (Å²) in [7, 11) is 0. The molecule has 0 atom stereocenters. The van der Waals surface area contributed by atoms with Crippen LogP contribution in [0.5, 0.6) is 0 Å². The number of carbonyl (C=O) groups excluding carboxylic acids is 1. The van der Waals surface area contributed by atoms with Crippen LogP contribution in [0.3, 0.4) is 0 Å². The maximum Gasteiger partial charge on any atom is 0.197 e. The molecule has 3 aromatic rings. The van der Waals surface area contributed by atoms with Crippen LogP contribution in [0.4, 0.5) is 0 Å². The molecule has 0 aliphatic heterocycles. The number of benzene rings is 2. The minimum absolute atomic E-state index is 0.0852. The third kappa shape index (κ3) is 1.90. The molecule has 0 spiro atoms. The van der Waals surface area contributed by atoms with E-state index in [-0.39, 0.29) is 5.78 Å². The van der Waals surface area contributed by atoms with Crippen molar-refractivity contribution in [1.82, 2.24) is 4.98 Å². The summed E-state index contributed by atoms with van der Waals surface area (Å²) < 4.78 is 0. The summed E-state index contributed by atoms with van der Waals surface area (Å²) in [5, 5.41) is 0. The van der Waals surface area contributed by atoms with Crippen molar-refractivity contribution < 1.29 is 4.79 Å². The number of hydrogen-bond donors (Lipinski definition) is 0. The molecule has 2 aromatic carbocycles. The summed E-state index contributed by atoms with van der Waals surface area (Å²) in [5.41, 5.74) is 5.23. The maximum absolute atomic E-state index is 12.7. The average Bonchev–Trinajstić information content (AvgIpc) is 2.88. The third-order valence-electron chi connectivity index (χ3n) is 3.93. The van der Waals surface area contributed by atoms with Crippen LogP contribution < -0.4 is 0 Å². The Morgan fingerprint density at radius 3 is 2.32 bits per heavy atom. The van der Waals surface area contributed by atoms with Gasteiger partial charge in [0.15, 0.2) is 5.78 Å². The molecule has 0 fully saturated rings. The molecule has 3 heteroatoms. The fraction of sp³-hybridized carbons (Fsp3) is 0.0526. The first-order chi connectivity index (χ1) is 10.8. The lowest BCUT2D eigenvalue weighted by Crippen LogP contribution is -1.99. The zero-order chi connectivity index (χ0) is 15.1. The molecule has 0 amide bonds. The minimum atomic E-state index is 0.0852. The monoisotopic (exact) mass is 303 g/mol. The molecule has 0 unspecified atom stereocenters. The van der Waals surface area contributed by atoms with Gasteiger partial charge < -0.3 is 0 Å². The number of nitrogens with zero attached hydrogens (tertiary/aromatic N) is 1. The van der Waals surface area contributed by atoms with Crippen LogP contribution in [-0.4, -0.2) is 17.0 Å². The Balaban J connectivity index is 2.01. The summed E-state index contributed by atoms with van der Waals surface area (Å²) >= 11 is 1.60. The van der Waals surface area contributed by atoms with E-state index >= 15 is 0 Å². The van der Waals surface area contributed by atoms with E-state index in [9.17, 15) is 4.79 Å². The Hall–Kier alpha value is -2.39. The van der Waals surface area contributed by atoms with Gasteiger partial charge in [-0.05, 0) is 12.3 Å². The molecular formula is C19H13NOS. The highest BCUT2D eigenvalue weighted by molar-refractivity contribution is 7.98. The van der Waals surface area contributed by atoms with Crippen molar-refractivity contribution >= 4 is 17.5 Å². The Morgan fingerprint density at radius 1 is 0.909 bits per heavy atom. The first kappa shape index (κ1) is 13.3. The molecule has 4 rings (SSSR count). The molecule has 0 radical (unpaired) electrons. The Kier molecular flexibility index (Phi) is 3.09. The largest absolute Gasteiger partial charge is 0.288 e. The van der Waals surface area contributed by atoms with E-state index < -0.39 is 0 Å². The number of hydrogen-bond acceptors (Lipinski definition) is 3. The molecule has 0 bridgehead atoms. The molecule has 1 aromatic heterocycles. The van der Waals surface area contributed by atoms with Crippen molar-refractivity contribution in [2.75, 3.05) is 6.26 Å².